The molecule has 13 nitrogen and oxygen atoms in total. The summed E-state index contributed by atoms with van der Waals surface area (Å²) in [4.78, 5) is 21.1. The second-order valence-electron chi connectivity index (χ2n) is 12.6. The van der Waals surface area contributed by atoms with Crippen molar-refractivity contribution in [2.24, 2.45) is 5.41 Å². The Bertz CT molecular complexity index is 1770. The number of nitrogen functional groups attached to an aromatic ring is 1. The van der Waals surface area contributed by atoms with Gasteiger partial charge in [0.05, 0.1) is 25.7 Å². The topological polar surface area (TPSA) is 169 Å². The van der Waals surface area contributed by atoms with Gasteiger partial charge in [-0.15, -0.1) is 0 Å². The lowest BCUT2D eigenvalue weighted by atomic mass is 9.98. The number of hydrogen-bond acceptors (Lipinski definition) is 11. The number of esters is 1. The monoisotopic (exact) mass is 659 g/mol. The number of fused-ring (bicyclic) bond motifs is 2. The Morgan fingerprint density at radius 2 is 1.91 bits per heavy atom. The van der Waals surface area contributed by atoms with Crippen LogP contribution >= 0.6 is 7.75 Å². The van der Waals surface area contributed by atoms with Crippen molar-refractivity contribution in [2.75, 3.05) is 26.1 Å². The summed E-state index contributed by atoms with van der Waals surface area (Å²) in [7, 11) is -3.00. The lowest BCUT2D eigenvalue weighted by Gasteiger charge is -2.26. The van der Waals surface area contributed by atoms with Crippen LogP contribution in [-0.2, 0) is 23.4 Å². The summed E-state index contributed by atoms with van der Waals surface area (Å²) in [6.45, 7) is 7.95. The normalized spacial score (nSPS) is 23.7. The highest BCUT2D eigenvalue weighted by Gasteiger charge is 2.55. The van der Waals surface area contributed by atoms with Gasteiger partial charge in [-0.05, 0) is 36.8 Å². The standard InChI is InChI=1S/C31H39FN5O8P/c1-18(27(38)42-17-30(2,3)4)36-46(40,45-22-13-9-11-19-10-7-8-12-20(19)22)43-16-23-24(32)31(5,39)28(44-23)37-15-14-21-25(37)34-29(33)35-26(21)41-6/h7-15,18,23-24,28,39H,16-17H2,1-6H3,(H,36,40)(H2,33,34,35)/t18-,23+,24-,28+,31+,46?/m0/s1. The van der Waals surface area contributed by atoms with Crippen molar-refractivity contribution in [2.45, 2.75) is 64.8 Å². The van der Waals surface area contributed by atoms with Gasteiger partial charge in [0, 0.05) is 11.6 Å². The molecule has 0 bridgehead atoms. The average molecular weight is 660 g/mol. The first-order valence-corrected chi connectivity index (χ1v) is 16.2. The molecule has 2 aromatic carbocycles. The second-order valence-corrected chi connectivity index (χ2v) is 14.3. The first-order valence-electron chi connectivity index (χ1n) is 14.7. The third-order valence-electron chi connectivity index (χ3n) is 7.42. The van der Waals surface area contributed by atoms with Gasteiger partial charge in [-0.1, -0.05) is 57.2 Å². The molecule has 1 unspecified atom stereocenters. The molecule has 2 aromatic heterocycles. The Hall–Kier alpha value is -3.81. The van der Waals surface area contributed by atoms with Gasteiger partial charge in [0.15, 0.2) is 18.0 Å². The van der Waals surface area contributed by atoms with Crippen LogP contribution in [0.15, 0.2) is 54.7 Å². The fourth-order valence-electron chi connectivity index (χ4n) is 5.09. The number of ether oxygens (including phenoxy) is 3. The maximum absolute atomic E-state index is 15.9. The van der Waals surface area contributed by atoms with E-state index in [-0.39, 0.29) is 35.2 Å². The molecule has 1 saturated heterocycles. The van der Waals surface area contributed by atoms with E-state index in [1.165, 1.54) is 31.7 Å². The number of nitrogens with zero attached hydrogens (tertiary/aromatic N) is 3. The molecule has 46 heavy (non-hydrogen) atoms. The van der Waals surface area contributed by atoms with Gasteiger partial charge in [-0.2, -0.15) is 15.1 Å². The predicted octanol–water partition coefficient (Wildman–Crippen LogP) is 4.93. The number of methoxy groups -OCH3 is 1. The van der Waals surface area contributed by atoms with Crippen LogP contribution in [0.3, 0.4) is 0 Å². The Morgan fingerprint density at radius 1 is 1.20 bits per heavy atom. The van der Waals surface area contributed by atoms with Crippen molar-refractivity contribution in [3.63, 3.8) is 0 Å². The molecule has 0 radical (unpaired) electrons. The van der Waals surface area contributed by atoms with Crippen LogP contribution < -0.4 is 20.1 Å². The lowest BCUT2D eigenvalue weighted by molar-refractivity contribution is -0.148. The highest BCUT2D eigenvalue weighted by Crippen LogP contribution is 2.49. The molecule has 6 atom stereocenters. The number of benzene rings is 2. The number of carbonyl (C=O) groups excluding carboxylic acids is 1. The number of rotatable bonds is 11. The summed E-state index contributed by atoms with van der Waals surface area (Å²) in [6, 6.07) is 13.0. The number of aromatic nitrogens is 3. The smallest absolute Gasteiger partial charge is 0.459 e. The molecule has 1 aliphatic rings. The average Bonchev–Trinajstić information content (AvgIpc) is 3.51. The minimum atomic E-state index is -4.42. The Morgan fingerprint density at radius 3 is 2.63 bits per heavy atom. The molecule has 0 aliphatic carbocycles. The lowest BCUT2D eigenvalue weighted by Crippen LogP contribution is -2.42. The van der Waals surface area contributed by atoms with Crippen LogP contribution in [0.2, 0.25) is 0 Å². The third kappa shape index (κ3) is 6.96. The third-order valence-corrected chi connectivity index (χ3v) is 9.05. The number of hydrogen-bond donors (Lipinski definition) is 3. The predicted molar refractivity (Wildman–Crippen MR) is 169 cm³/mol. The quantitative estimate of drug-likeness (QED) is 0.147. The summed E-state index contributed by atoms with van der Waals surface area (Å²) in [6.07, 6.45) is -3.16. The molecule has 1 aliphatic heterocycles. The molecule has 15 heteroatoms. The minimum absolute atomic E-state index is 0.0913. The van der Waals surface area contributed by atoms with E-state index >= 15 is 4.39 Å². The van der Waals surface area contributed by atoms with Gasteiger partial charge in [0.1, 0.15) is 23.5 Å². The van der Waals surface area contributed by atoms with Gasteiger partial charge in [-0.25, -0.2) is 8.96 Å². The molecule has 0 saturated carbocycles. The Balaban J connectivity index is 1.40. The highest BCUT2D eigenvalue weighted by atomic mass is 31.2. The number of anilines is 1. The Kier molecular flexibility index (Phi) is 9.31. The van der Waals surface area contributed by atoms with Crippen LogP contribution in [0.5, 0.6) is 11.6 Å². The number of alkyl halides is 1. The second kappa shape index (κ2) is 12.8. The van der Waals surface area contributed by atoms with Crippen LogP contribution in [0, 0.1) is 5.41 Å². The number of halogens is 1. The van der Waals surface area contributed by atoms with E-state index in [9.17, 15) is 14.5 Å². The fraction of sp³-hybridized carbons (Fsp3) is 0.452. The van der Waals surface area contributed by atoms with E-state index in [2.05, 4.69) is 15.1 Å². The van der Waals surface area contributed by atoms with Gasteiger partial charge >= 0.3 is 13.7 Å². The van der Waals surface area contributed by atoms with Crippen molar-refractivity contribution in [1.29, 1.82) is 0 Å². The number of carbonyl (C=O) groups is 1. The zero-order valence-corrected chi connectivity index (χ0v) is 27.4. The van der Waals surface area contributed by atoms with Crippen molar-refractivity contribution >= 4 is 41.5 Å². The first kappa shape index (κ1) is 33.6. The van der Waals surface area contributed by atoms with Gasteiger partial charge in [-0.3, -0.25) is 9.32 Å². The zero-order chi connectivity index (χ0) is 33.4. The van der Waals surface area contributed by atoms with E-state index in [1.807, 2.05) is 39.0 Å². The summed E-state index contributed by atoms with van der Waals surface area (Å²) < 4.78 is 60.0. The molecule has 3 heterocycles. The van der Waals surface area contributed by atoms with Crippen LogP contribution in [0.4, 0.5) is 10.3 Å². The summed E-state index contributed by atoms with van der Waals surface area (Å²) in [5, 5.41) is 15.8. The number of nitrogens with two attached hydrogens (primary N) is 1. The Labute approximate surface area is 265 Å². The summed E-state index contributed by atoms with van der Waals surface area (Å²) in [5.74, 6) is -0.363. The van der Waals surface area contributed by atoms with E-state index < -0.39 is 50.5 Å². The van der Waals surface area contributed by atoms with Crippen molar-refractivity contribution < 1.29 is 42.1 Å². The first-order chi connectivity index (χ1) is 21.6. The van der Waals surface area contributed by atoms with Gasteiger partial charge in [0.25, 0.3) is 0 Å². The molecule has 4 N–H and O–H groups in total. The zero-order valence-electron chi connectivity index (χ0n) is 26.5. The molecular weight excluding hydrogens is 620 g/mol. The molecule has 4 aromatic rings. The van der Waals surface area contributed by atoms with E-state index in [0.29, 0.717) is 10.8 Å². The molecule has 248 valence electrons. The van der Waals surface area contributed by atoms with E-state index in [1.54, 1.807) is 30.3 Å². The molecule has 1 fully saturated rings. The van der Waals surface area contributed by atoms with E-state index in [0.717, 1.165) is 5.39 Å². The maximum atomic E-state index is 15.9. The minimum Gasteiger partial charge on any atom is -0.480 e. The maximum Gasteiger partial charge on any atom is 0.459 e. The fourth-order valence-corrected chi connectivity index (χ4v) is 6.61. The molecule has 5 rings (SSSR count). The molecule has 0 amide bonds. The largest absolute Gasteiger partial charge is 0.480 e. The van der Waals surface area contributed by atoms with Gasteiger partial charge in [0.2, 0.25) is 11.8 Å². The summed E-state index contributed by atoms with van der Waals surface area (Å²) in [5.41, 5.74) is 3.72. The molecular formula is C31H39FN5O8P. The molecule has 0 spiro atoms. The van der Waals surface area contributed by atoms with Crippen molar-refractivity contribution in [3.8, 4) is 11.6 Å². The van der Waals surface area contributed by atoms with Crippen LogP contribution in [-0.4, -0.2) is 69.9 Å². The van der Waals surface area contributed by atoms with Crippen LogP contribution in [0.25, 0.3) is 21.8 Å². The highest BCUT2D eigenvalue weighted by molar-refractivity contribution is 7.52. The van der Waals surface area contributed by atoms with E-state index in [4.69, 9.17) is 29.0 Å². The van der Waals surface area contributed by atoms with Crippen LogP contribution in [0.1, 0.15) is 40.8 Å². The van der Waals surface area contributed by atoms with Gasteiger partial charge < -0.3 is 34.1 Å². The number of nitrogens with one attached hydrogen (secondary N) is 1. The van der Waals surface area contributed by atoms with Crippen molar-refractivity contribution in [3.05, 3.63) is 54.7 Å². The summed E-state index contributed by atoms with van der Waals surface area (Å²) >= 11 is 0. The SMILES string of the molecule is COc1nc(N)nc2c1ccn2[C@@H]1O[C@H](COP(=O)(N[C@@H](C)C(=O)OCC(C)(C)C)Oc2cccc3ccccc23)[C@H](F)[C@@]1(C)O. The number of aliphatic hydroxyl groups is 1. The van der Waals surface area contributed by atoms with Crippen molar-refractivity contribution in [1.82, 2.24) is 19.6 Å².